The molecule has 8 nitrogen and oxygen atoms in total. The minimum atomic E-state index is -0.378. The molecule has 2 aromatic carbocycles. The van der Waals surface area contributed by atoms with Crippen molar-refractivity contribution in [3.8, 4) is 5.75 Å². The van der Waals surface area contributed by atoms with E-state index < -0.39 is 0 Å². The summed E-state index contributed by atoms with van der Waals surface area (Å²) in [7, 11) is 0. The number of anilines is 2. The van der Waals surface area contributed by atoms with Crippen molar-refractivity contribution in [1.29, 1.82) is 0 Å². The third kappa shape index (κ3) is 6.19. The molecule has 0 spiro atoms. The van der Waals surface area contributed by atoms with Crippen molar-refractivity contribution < 1.29 is 23.9 Å². The van der Waals surface area contributed by atoms with Gasteiger partial charge in [-0.05, 0) is 69.0 Å². The predicted molar refractivity (Wildman–Crippen MR) is 134 cm³/mol. The molecule has 0 bridgehead atoms. The molecule has 2 aliphatic rings. The van der Waals surface area contributed by atoms with Crippen LogP contribution in [0, 0.1) is 26.7 Å². The van der Waals surface area contributed by atoms with E-state index in [-0.39, 0.29) is 42.8 Å². The van der Waals surface area contributed by atoms with Gasteiger partial charge in [-0.2, -0.15) is 0 Å². The first-order chi connectivity index (χ1) is 16.8. The summed E-state index contributed by atoms with van der Waals surface area (Å²) in [5.74, 6) is -0.285. The molecule has 0 radical (unpaired) electrons. The van der Waals surface area contributed by atoms with E-state index in [0.29, 0.717) is 24.5 Å². The standard InChI is InChI=1S/C27H33N3O5/c1-17-11-18(2)26(19(3)12-17)29-24(31)16-35-22-8-6-21(7-9-22)30-15-20(13-25(30)32)27(33)28-14-23-5-4-10-34-23/h6-9,11-12,20,23H,4-5,10,13-16H2,1-3H3,(H,28,33)(H,29,31)/t20-,23+/m0/s1. The van der Waals surface area contributed by atoms with Gasteiger partial charge in [-0.15, -0.1) is 0 Å². The minimum absolute atomic E-state index is 0.0757. The Labute approximate surface area is 206 Å². The van der Waals surface area contributed by atoms with Gasteiger partial charge < -0.3 is 25.0 Å². The van der Waals surface area contributed by atoms with Crippen LogP contribution in [0.25, 0.3) is 0 Å². The Morgan fingerprint density at radius 3 is 2.49 bits per heavy atom. The van der Waals surface area contributed by atoms with Crippen molar-refractivity contribution in [2.24, 2.45) is 5.92 Å². The summed E-state index contributed by atoms with van der Waals surface area (Å²) in [5.41, 5.74) is 4.67. The normalized spacial score (nSPS) is 19.6. The summed E-state index contributed by atoms with van der Waals surface area (Å²) in [6, 6.07) is 11.0. The van der Waals surface area contributed by atoms with Gasteiger partial charge in [-0.3, -0.25) is 14.4 Å². The molecular weight excluding hydrogens is 446 g/mol. The highest BCUT2D eigenvalue weighted by Crippen LogP contribution is 2.27. The van der Waals surface area contributed by atoms with Crippen LogP contribution in [0.4, 0.5) is 11.4 Å². The highest BCUT2D eigenvalue weighted by molar-refractivity contribution is 6.00. The first-order valence-electron chi connectivity index (χ1n) is 12.1. The van der Waals surface area contributed by atoms with Crippen molar-refractivity contribution >= 4 is 29.1 Å². The van der Waals surface area contributed by atoms with Crippen molar-refractivity contribution in [3.63, 3.8) is 0 Å². The topological polar surface area (TPSA) is 97.0 Å². The number of nitrogens with one attached hydrogen (secondary N) is 2. The number of nitrogens with zero attached hydrogens (tertiary/aromatic N) is 1. The molecule has 2 aliphatic heterocycles. The average molecular weight is 480 g/mol. The molecule has 2 N–H and O–H groups in total. The molecule has 2 atom stereocenters. The van der Waals surface area contributed by atoms with Crippen LogP contribution in [-0.2, 0) is 19.1 Å². The molecule has 4 rings (SSSR count). The zero-order valence-electron chi connectivity index (χ0n) is 20.6. The molecule has 186 valence electrons. The summed E-state index contributed by atoms with van der Waals surface area (Å²) in [4.78, 5) is 39.1. The average Bonchev–Trinajstić information content (AvgIpc) is 3.48. The number of carbonyl (C=O) groups is 3. The van der Waals surface area contributed by atoms with Gasteiger partial charge in [0.1, 0.15) is 5.75 Å². The smallest absolute Gasteiger partial charge is 0.262 e. The Morgan fingerprint density at radius 1 is 1.11 bits per heavy atom. The highest BCUT2D eigenvalue weighted by Gasteiger charge is 2.35. The van der Waals surface area contributed by atoms with E-state index >= 15 is 0 Å². The molecule has 3 amide bonds. The third-order valence-electron chi connectivity index (χ3n) is 6.48. The number of hydrogen-bond acceptors (Lipinski definition) is 5. The minimum Gasteiger partial charge on any atom is -0.484 e. The second kappa shape index (κ2) is 10.9. The number of carbonyl (C=O) groups excluding carboxylic acids is 3. The molecule has 2 heterocycles. The third-order valence-corrected chi connectivity index (χ3v) is 6.48. The van der Waals surface area contributed by atoms with Gasteiger partial charge in [0.25, 0.3) is 5.91 Å². The zero-order valence-corrected chi connectivity index (χ0v) is 20.6. The largest absolute Gasteiger partial charge is 0.484 e. The van der Waals surface area contributed by atoms with E-state index in [2.05, 4.69) is 10.6 Å². The summed E-state index contributed by atoms with van der Waals surface area (Å²) in [6.07, 6.45) is 2.24. The lowest BCUT2D eigenvalue weighted by Crippen LogP contribution is -2.37. The van der Waals surface area contributed by atoms with Gasteiger partial charge in [-0.1, -0.05) is 17.7 Å². The lowest BCUT2D eigenvalue weighted by Gasteiger charge is -2.18. The number of amides is 3. The van der Waals surface area contributed by atoms with Gasteiger partial charge in [0.15, 0.2) is 6.61 Å². The quantitative estimate of drug-likeness (QED) is 0.606. The van der Waals surface area contributed by atoms with Crippen molar-refractivity contribution in [3.05, 3.63) is 53.1 Å². The molecule has 2 aromatic rings. The monoisotopic (exact) mass is 479 g/mol. The fraction of sp³-hybridized carbons (Fsp3) is 0.444. The Balaban J connectivity index is 1.27. The number of benzene rings is 2. The molecule has 35 heavy (non-hydrogen) atoms. The van der Waals surface area contributed by atoms with Crippen LogP contribution < -0.4 is 20.3 Å². The second-order valence-corrected chi connectivity index (χ2v) is 9.39. The zero-order chi connectivity index (χ0) is 24.9. The molecule has 0 saturated carbocycles. The van der Waals surface area contributed by atoms with E-state index in [1.165, 1.54) is 0 Å². The Hall–Kier alpha value is -3.39. The predicted octanol–water partition coefficient (Wildman–Crippen LogP) is 3.28. The number of aryl methyl sites for hydroxylation is 3. The Kier molecular flexibility index (Phi) is 7.70. The van der Waals surface area contributed by atoms with Crippen molar-refractivity contribution in [1.82, 2.24) is 5.32 Å². The van der Waals surface area contributed by atoms with Gasteiger partial charge >= 0.3 is 0 Å². The second-order valence-electron chi connectivity index (χ2n) is 9.39. The fourth-order valence-corrected chi connectivity index (χ4v) is 4.72. The van der Waals surface area contributed by atoms with E-state index in [9.17, 15) is 14.4 Å². The molecule has 2 fully saturated rings. The van der Waals surface area contributed by atoms with Crippen molar-refractivity contribution in [2.75, 3.05) is 36.5 Å². The Bertz CT molecular complexity index is 1070. The maximum absolute atomic E-state index is 12.5. The summed E-state index contributed by atoms with van der Waals surface area (Å²) >= 11 is 0. The van der Waals surface area contributed by atoms with Crippen LogP contribution in [0.3, 0.4) is 0 Å². The van der Waals surface area contributed by atoms with Gasteiger partial charge in [0.2, 0.25) is 11.8 Å². The van der Waals surface area contributed by atoms with Crippen LogP contribution >= 0.6 is 0 Å². The van der Waals surface area contributed by atoms with E-state index in [0.717, 1.165) is 41.8 Å². The highest BCUT2D eigenvalue weighted by atomic mass is 16.5. The Morgan fingerprint density at radius 2 is 1.83 bits per heavy atom. The molecular formula is C27H33N3O5. The van der Waals surface area contributed by atoms with Gasteiger partial charge in [0.05, 0.1) is 12.0 Å². The number of ether oxygens (including phenoxy) is 2. The fourth-order valence-electron chi connectivity index (χ4n) is 4.72. The SMILES string of the molecule is Cc1cc(C)c(NC(=O)COc2ccc(N3C[C@@H](C(=O)NC[C@H]4CCCO4)CC3=O)cc2)c(C)c1. The summed E-state index contributed by atoms with van der Waals surface area (Å²) in [5, 5.41) is 5.84. The van der Waals surface area contributed by atoms with Gasteiger partial charge in [0, 0.05) is 37.5 Å². The molecule has 0 unspecified atom stereocenters. The van der Waals surface area contributed by atoms with Crippen molar-refractivity contribution in [2.45, 2.75) is 46.1 Å². The van der Waals surface area contributed by atoms with E-state index in [1.807, 2.05) is 32.9 Å². The van der Waals surface area contributed by atoms with E-state index in [4.69, 9.17) is 9.47 Å². The first-order valence-corrected chi connectivity index (χ1v) is 12.1. The maximum atomic E-state index is 12.5. The maximum Gasteiger partial charge on any atom is 0.262 e. The lowest BCUT2D eigenvalue weighted by atomic mass is 10.1. The number of rotatable bonds is 8. The van der Waals surface area contributed by atoms with Crippen LogP contribution in [0.2, 0.25) is 0 Å². The lowest BCUT2D eigenvalue weighted by molar-refractivity contribution is -0.126. The molecule has 8 heteroatoms. The molecule has 2 saturated heterocycles. The molecule has 0 aromatic heterocycles. The van der Waals surface area contributed by atoms with Crippen LogP contribution in [0.1, 0.15) is 36.0 Å². The van der Waals surface area contributed by atoms with Crippen LogP contribution in [-0.4, -0.2) is 50.1 Å². The number of hydrogen-bond donors (Lipinski definition) is 2. The molecule has 0 aliphatic carbocycles. The summed E-state index contributed by atoms with van der Waals surface area (Å²) in [6.45, 7) is 7.41. The summed E-state index contributed by atoms with van der Waals surface area (Å²) < 4.78 is 11.2. The van der Waals surface area contributed by atoms with Crippen LogP contribution in [0.15, 0.2) is 36.4 Å². The first kappa shape index (κ1) is 24.7. The van der Waals surface area contributed by atoms with Gasteiger partial charge in [-0.25, -0.2) is 0 Å². The van der Waals surface area contributed by atoms with Crippen LogP contribution in [0.5, 0.6) is 5.75 Å². The van der Waals surface area contributed by atoms with E-state index in [1.54, 1.807) is 29.2 Å².